The van der Waals surface area contributed by atoms with Gasteiger partial charge in [-0.2, -0.15) is 0 Å². The number of H-pyrrole nitrogens is 1. The Balaban J connectivity index is 1.88. The summed E-state index contributed by atoms with van der Waals surface area (Å²) in [6.07, 6.45) is 0.469. The lowest BCUT2D eigenvalue weighted by Crippen LogP contribution is -2.41. The number of nitrogens with one attached hydrogen (secondary N) is 1. The quantitative estimate of drug-likeness (QED) is 0.437. The molecule has 0 aliphatic rings. The molecular weight excluding hydrogens is 434 g/mol. The number of nitrogens with zero attached hydrogens (tertiary/aromatic N) is 3. The van der Waals surface area contributed by atoms with Gasteiger partial charge in [0.2, 0.25) is 0 Å². The number of benzene rings is 2. The minimum atomic E-state index is -0.747. The Hall–Kier alpha value is -4.40. The zero-order chi connectivity index (χ0) is 24.2. The molecule has 9 heteroatoms. The van der Waals surface area contributed by atoms with Crippen LogP contribution in [-0.4, -0.2) is 20.6 Å². The maximum Gasteiger partial charge on any atom is 0.330 e. The van der Waals surface area contributed by atoms with Gasteiger partial charge in [0.05, 0.1) is 18.8 Å². The number of hydrogen-bond donors (Lipinski definition) is 2. The number of carbonyl (C=O) groups is 1. The molecule has 4 rings (SSSR count). The average Bonchev–Trinajstić information content (AvgIpc) is 3.22. The van der Waals surface area contributed by atoms with Gasteiger partial charge in [0.25, 0.3) is 11.5 Å². The number of aromatic nitrogens is 3. The van der Waals surface area contributed by atoms with E-state index in [4.69, 9.17) is 10.3 Å². The number of aromatic amines is 1. The summed E-state index contributed by atoms with van der Waals surface area (Å²) in [6, 6.07) is 18.4. The predicted molar refractivity (Wildman–Crippen MR) is 129 cm³/mol. The molecule has 4 aromatic rings. The largest absolute Gasteiger partial charge is 0.383 e. The molecule has 0 bridgehead atoms. The molecule has 0 radical (unpaired) electrons. The van der Waals surface area contributed by atoms with Crippen LogP contribution in [0.15, 0.2) is 74.8 Å². The van der Waals surface area contributed by atoms with Gasteiger partial charge in [-0.3, -0.25) is 24.0 Å². The zero-order valence-electron chi connectivity index (χ0n) is 18.9. The van der Waals surface area contributed by atoms with Crippen molar-refractivity contribution in [3.05, 3.63) is 110 Å². The molecule has 2 aromatic heterocycles. The number of carbonyl (C=O) groups excluding carboxylic acids is 1. The first-order valence-corrected chi connectivity index (χ1v) is 10.9. The fraction of sp³-hybridized carbons (Fsp3) is 0.200. The van der Waals surface area contributed by atoms with Crippen LogP contribution in [0.4, 0.5) is 11.5 Å². The first-order valence-electron chi connectivity index (χ1n) is 10.9. The van der Waals surface area contributed by atoms with Crippen LogP contribution < -0.4 is 21.9 Å². The van der Waals surface area contributed by atoms with Gasteiger partial charge in [0, 0.05) is 0 Å². The lowest BCUT2D eigenvalue weighted by Gasteiger charge is -2.25. The molecule has 0 saturated heterocycles. The Morgan fingerprint density at radius 1 is 1.06 bits per heavy atom. The summed E-state index contributed by atoms with van der Waals surface area (Å²) in [5.41, 5.74) is 7.24. The minimum absolute atomic E-state index is 0.0598. The van der Waals surface area contributed by atoms with Crippen LogP contribution in [0, 0.1) is 6.92 Å². The molecule has 34 heavy (non-hydrogen) atoms. The molecular formula is C25H25N5O4. The van der Waals surface area contributed by atoms with Crippen molar-refractivity contribution < 1.29 is 9.32 Å². The third-order valence-electron chi connectivity index (χ3n) is 5.58. The Bertz CT molecular complexity index is 1420. The Kier molecular flexibility index (Phi) is 6.44. The standard InChI is InChI=1S/C25H25N5O4/c1-3-19-20(16(2)34-28-19)24(32)29(14-17-10-6-4-7-11-17)21-22(26)30(25(33)27-23(21)31)15-18-12-8-5-9-13-18/h4-13H,3,14-15,26H2,1-2H3,(H,27,31,33). The van der Waals surface area contributed by atoms with Crippen molar-refractivity contribution in [2.24, 2.45) is 0 Å². The summed E-state index contributed by atoms with van der Waals surface area (Å²) in [7, 11) is 0. The van der Waals surface area contributed by atoms with E-state index in [0.717, 1.165) is 11.1 Å². The number of aryl methyl sites for hydroxylation is 2. The van der Waals surface area contributed by atoms with E-state index >= 15 is 0 Å². The molecule has 9 nitrogen and oxygen atoms in total. The van der Waals surface area contributed by atoms with Gasteiger partial charge in [0.15, 0.2) is 5.69 Å². The topological polar surface area (TPSA) is 127 Å². The predicted octanol–water partition coefficient (Wildman–Crippen LogP) is 2.87. The number of rotatable bonds is 7. The van der Waals surface area contributed by atoms with Crippen LogP contribution in [0.1, 0.15) is 39.9 Å². The van der Waals surface area contributed by atoms with Crippen molar-refractivity contribution in [1.82, 2.24) is 14.7 Å². The van der Waals surface area contributed by atoms with Crippen LogP contribution in [0.5, 0.6) is 0 Å². The molecule has 174 valence electrons. The van der Waals surface area contributed by atoms with Crippen molar-refractivity contribution in [1.29, 1.82) is 0 Å². The average molecular weight is 460 g/mol. The summed E-state index contributed by atoms with van der Waals surface area (Å²) >= 11 is 0. The smallest absolute Gasteiger partial charge is 0.330 e. The maximum atomic E-state index is 13.8. The molecule has 0 atom stereocenters. The molecule has 0 fully saturated rings. The molecule has 0 aliphatic carbocycles. The van der Waals surface area contributed by atoms with Crippen molar-refractivity contribution in [2.45, 2.75) is 33.4 Å². The second-order valence-electron chi connectivity index (χ2n) is 7.86. The van der Waals surface area contributed by atoms with Gasteiger partial charge in [-0.05, 0) is 24.5 Å². The van der Waals surface area contributed by atoms with E-state index in [-0.39, 0.29) is 30.2 Å². The van der Waals surface area contributed by atoms with Gasteiger partial charge in [-0.1, -0.05) is 72.7 Å². The second-order valence-corrected chi connectivity index (χ2v) is 7.86. The van der Waals surface area contributed by atoms with E-state index in [1.807, 2.05) is 67.6 Å². The second kappa shape index (κ2) is 9.62. The van der Waals surface area contributed by atoms with E-state index in [0.29, 0.717) is 17.9 Å². The fourth-order valence-corrected chi connectivity index (χ4v) is 3.85. The molecule has 1 amide bonds. The molecule has 0 spiro atoms. The van der Waals surface area contributed by atoms with E-state index in [1.165, 1.54) is 9.47 Å². The van der Waals surface area contributed by atoms with E-state index in [2.05, 4.69) is 10.1 Å². The summed E-state index contributed by atoms with van der Waals surface area (Å²) in [5, 5.41) is 3.98. The fourth-order valence-electron chi connectivity index (χ4n) is 3.85. The number of anilines is 2. The molecule has 3 N–H and O–H groups in total. The van der Waals surface area contributed by atoms with Crippen molar-refractivity contribution in [3.63, 3.8) is 0 Å². The summed E-state index contributed by atoms with van der Waals surface area (Å²) in [6.45, 7) is 3.69. The van der Waals surface area contributed by atoms with Gasteiger partial charge in [-0.15, -0.1) is 0 Å². The van der Waals surface area contributed by atoms with Crippen LogP contribution in [0.2, 0.25) is 0 Å². The van der Waals surface area contributed by atoms with E-state index in [9.17, 15) is 14.4 Å². The molecule has 2 heterocycles. The summed E-state index contributed by atoms with van der Waals surface area (Å²) in [5.74, 6) is -0.247. The summed E-state index contributed by atoms with van der Waals surface area (Å²) in [4.78, 5) is 43.1. The Morgan fingerprint density at radius 3 is 2.29 bits per heavy atom. The number of amides is 1. The number of nitrogens with two attached hydrogens (primary N) is 1. The van der Waals surface area contributed by atoms with Gasteiger partial charge >= 0.3 is 5.69 Å². The van der Waals surface area contributed by atoms with Crippen molar-refractivity contribution in [2.75, 3.05) is 10.6 Å². The lowest BCUT2D eigenvalue weighted by atomic mass is 10.1. The highest BCUT2D eigenvalue weighted by molar-refractivity contribution is 6.08. The van der Waals surface area contributed by atoms with Gasteiger partial charge in [-0.25, -0.2) is 4.79 Å². The van der Waals surface area contributed by atoms with Crippen LogP contribution in [0.25, 0.3) is 0 Å². The third kappa shape index (κ3) is 4.40. The number of nitrogen functional groups attached to an aromatic ring is 1. The lowest BCUT2D eigenvalue weighted by molar-refractivity contribution is 0.0982. The van der Waals surface area contributed by atoms with E-state index in [1.54, 1.807) is 6.92 Å². The molecule has 2 aromatic carbocycles. The molecule has 0 saturated carbocycles. The third-order valence-corrected chi connectivity index (χ3v) is 5.58. The maximum absolute atomic E-state index is 13.8. The van der Waals surface area contributed by atoms with Crippen molar-refractivity contribution in [3.8, 4) is 0 Å². The SMILES string of the molecule is CCc1noc(C)c1C(=O)N(Cc1ccccc1)c1c(N)n(Cc2ccccc2)c(=O)[nH]c1=O. The Labute approximate surface area is 195 Å². The highest BCUT2D eigenvalue weighted by Gasteiger charge is 2.30. The molecule has 0 aliphatic heterocycles. The number of hydrogen-bond acceptors (Lipinski definition) is 6. The molecule has 0 unspecified atom stereocenters. The first kappa shape index (κ1) is 22.8. The highest BCUT2D eigenvalue weighted by Crippen LogP contribution is 2.25. The zero-order valence-corrected chi connectivity index (χ0v) is 18.9. The van der Waals surface area contributed by atoms with Crippen LogP contribution >= 0.6 is 0 Å². The highest BCUT2D eigenvalue weighted by atomic mass is 16.5. The Morgan fingerprint density at radius 2 is 1.68 bits per heavy atom. The minimum Gasteiger partial charge on any atom is -0.383 e. The van der Waals surface area contributed by atoms with Crippen LogP contribution in [-0.2, 0) is 19.5 Å². The normalized spacial score (nSPS) is 10.9. The van der Waals surface area contributed by atoms with Gasteiger partial charge in [0.1, 0.15) is 17.1 Å². The monoisotopic (exact) mass is 459 g/mol. The van der Waals surface area contributed by atoms with Gasteiger partial charge < -0.3 is 10.3 Å². The van der Waals surface area contributed by atoms with Crippen LogP contribution in [0.3, 0.4) is 0 Å². The van der Waals surface area contributed by atoms with E-state index < -0.39 is 17.2 Å². The first-order chi connectivity index (χ1) is 16.4. The summed E-state index contributed by atoms with van der Waals surface area (Å²) < 4.78 is 6.50. The van der Waals surface area contributed by atoms with Crippen molar-refractivity contribution >= 4 is 17.4 Å².